The van der Waals surface area contributed by atoms with Gasteiger partial charge in [0.2, 0.25) is 0 Å². The highest BCUT2D eigenvalue weighted by molar-refractivity contribution is 4.84. The summed E-state index contributed by atoms with van der Waals surface area (Å²) in [5.41, 5.74) is 5.62. The third kappa shape index (κ3) is 2.94. The molecule has 1 aliphatic heterocycles. The van der Waals surface area contributed by atoms with Gasteiger partial charge in [-0.1, -0.05) is 6.92 Å². The Labute approximate surface area is 94.2 Å². The predicted octanol–water partition coefficient (Wildman–Crippen LogP) is 2.24. The Balaban J connectivity index is 1.73. The van der Waals surface area contributed by atoms with E-state index >= 15 is 0 Å². The van der Waals surface area contributed by atoms with Crippen molar-refractivity contribution in [2.24, 2.45) is 17.6 Å². The van der Waals surface area contributed by atoms with Crippen LogP contribution in [0.15, 0.2) is 0 Å². The molecule has 15 heavy (non-hydrogen) atoms. The summed E-state index contributed by atoms with van der Waals surface area (Å²) in [5, 5.41) is 0. The van der Waals surface area contributed by atoms with Crippen LogP contribution in [-0.4, -0.2) is 30.6 Å². The molecule has 0 bridgehead atoms. The van der Waals surface area contributed by atoms with Gasteiger partial charge in [0.1, 0.15) is 0 Å². The molecule has 0 amide bonds. The SMILES string of the molecule is CC1CCN(C2CCC(CCN)CC2)C1. The second kappa shape index (κ2) is 5.31. The molecule has 1 atom stereocenters. The van der Waals surface area contributed by atoms with Gasteiger partial charge in [-0.15, -0.1) is 0 Å². The number of hydrogen-bond acceptors (Lipinski definition) is 2. The number of nitrogens with two attached hydrogens (primary N) is 1. The van der Waals surface area contributed by atoms with Gasteiger partial charge < -0.3 is 10.6 Å². The molecule has 0 aromatic heterocycles. The molecule has 1 saturated heterocycles. The minimum Gasteiger partial charge on any atom is -0.330 e. The van der Waals surface area contributed by atoms with E-state index in [1.165, 1.54) is 51.6 Å². The Hall–Kier alpha value is -0.0800. The molecule has 2 fully saturated rings. The highest BCUT2D eigenvalue weighted by Gasteiger charge is 2.29. The highest BCUT2D eigenvalue weighted by Crippen LogP contribution is 2.31. The largest absolute Gasteiger partial charge is 0.330 e. The van der Waals surface area contributed by atoms with Crippen molar-refractivity contribution >= 4 is 0 Å². The summed E-state index contributed by atoms with van der Waals surface area (Å²) in [6.07, 6.45) is 8.38. The van der Waals surface area contributed by atoms with Crippen LogP contribution in [0.5, 0.6) is 0 Å². The van der Waals surface area contributed by atoms with Crippen molar-refractivity contribution in [3.63, 3.8) is 0 Å². The fourth-order valence-corrected chi connectivity index (χ4v) is 3.34. The maximum Gasteiger partial charge on any atom is 0.00955 e. The van der Waals surface area contributed by atoms with E-state index < -0.39 is 0 Å². The smallest absolute Gasteiger partial charge is 0.00955 e. The van der Waals surface area contributed by atoms with E-state index in [9.17, 15) is 0 Å². The Morgan fingerprint density at radius 1 is 1.13 bits per heavy atom. The van der Waals surface area contributed by atoms with Gasteiger partial charge in [0, 0.05) is 12.6 Å². The van der Waals surface area contributed by atoms with Gasteiger partial charge >= 0.3 is 0 Å². The molecule has 0 aromatic rings. The number of nitrogens with zero attached hydrogens (tertiary/aromatic N) is 1. The lowest BCUT2D eigenvalue weighted by Gasteiger charge is -2.34. The van der Waals surface area contributed by atoms with Crippen molar-refractivity contribution in [2.45, 2.75) is 51.5 Å². The van der Waals surface area contributed by atoms with Gasteiger partial charge in [-0.05, 0) is 63.5 Å². The van der Waals surface area contributed by atoms with Gasteiger partial charge in [0.15, 0.2) is 0 Å². The molecule has 2 nitrogen and oxygen atoms in total. The van der Waals surface area contributed by atoms with Gasteiger partial charge in [-0.25, -0.2) is 0 Å². The summed E-state index contributed by atoms with van der Waals surface area (Å²) in [6.45, 7) is 5.98. The van der Waals surface area contributed by atoms with Crippen LogP contribution in [-0.2, 0) is 0 Å². The average molecular weight is 210 g/mol. The Kier molecular flexibility index (Phi) is 4.04. The van der Waals surface area contributed by atoms with Crippen LogP contribution in [0.3, 0.4) is 0 Å². The molecule has 2 heteroatoms. The van der Waals surface area contributed by atoms with E-state index in [2.05, 4.69) is 11.8 Å². The zero-order chi connectivity index (χ0) is 10.7. The second-order valence-electron chi connectivity index (χ2n) is 5.64. The first kappa shape index (κ1) is 11.4. The quantitative estimate of drug-likeness (QED) is 0.774. The third-order valence-electron chi connectivity index (χ3n) is 4.36. The first-order valence-corrected chi connectivity index (χ1v) is 6.73. The summed E-state index contributed by atoms with van der Waals surface area (Å²) < 4.78 is 0. The maximum absolute atomic E-state index is 5.62. The predicted molar refractivity (Wildman–Crippen MR) is 64.8 cm³/mol. The Morgan fingerprint density at radius 3 is 2.40 bits per heavy atom. The summed E-state index contributed by atoms with van der Waals surface area (Å²) in [7, 11) is 0. The summed E-state index contributed by atoms with van der Waals surface area (Å²) in [6, 6.07) is 0.906. The van der Waals surface area contributed by atoms with E-state index in [1.54, 1.807) is 0 Å². The van der Waals surface area contributed by atoms with Crippen molar-refractivity contribution in [3.05, 3.63) is 0 Å². The molecule has 2 aliphatic rings. The molecular formula is C13H26N2. The lowest BCUT2D eigenvalue weighted by molar-refractivity contribution is 0.158. The van der Waals surface area contributed by atoms with E-state index in [0.29, 0.717) is 0 Å². The van der Waals surface area contributed by atoms with Crippen LogP contribution in [0.4, 0.5) is 0 Å². The first-order valence-electron chi connectivity index (χ1n) is 6.73. The fraction of sp³-hybridized carbons (Fsp3) is 1.00. The molecule has 1 unspecified atom stereocenters. The van der Waals surface area contributed by atoms with E-state index in [0.717, 1.165) is 24.4 Å². The topological polar surface area (TPSA) is 29.3 Å². The van der Waals surface area contributed by atoms with Crippen molar-refractivity contribution in [3.8, 4) is 0 Å². The van der Waals surface area contributed by atoms with Crippen molar-refractivity contribution in [1.82, 2.24) is 4.90 Å². The van der Waals surface area contributed by atoms with Gasteiger partial charge in [-0.2, -0.15) is 0 Å². The van der Waals surface area contributed by atoms with Crippen LogP contribution in [0, 0.1) is 11.8 Å². The molecule has 0 spiro atoms. The molecule has 0 aromatic carbocycles. The van der Waals surface area contributed by atoms with E-state index in [4.69, 9.17) is 5.73 Å². The fourth-order valence-electron chi connectivity index (χ4n) is 3.34. The zero-order valence-corrected chi connectivity index (χ0v) is 10.1. The molecular weight excluding hydrogens is 184 g/mol. The molecule has 1 saturated carbocycles. The summed E-state index contributed by atoms with van der Waals surface area (Å²) in [5.74, 6) is 1.87. The lowest BCUT2D eigenvalue weighted by Crippen LogP contribution is -2.36. The first-order chi connectivity index (χ1) is 7.29. The summed E-state index contributed by atoms with van der Waals surface area (Å²) >= 11 is 0. The third-order valence-corrected chi connectivity index (χ3v) is 4.36. The zero-order valence-electron chi connectivity index (χ0n) is 10.1. The number of hydrogen-bond donors (Lipinski definition) is 1. The molecule has 88 valence electrons. The van der Waals surface area contributed by atoms with Crippen molar-refractivity contribution in [1.29, 1.82) is 0 Å². The van der Waals surface area contributed by atoms with Gasteiger partial charge in [0.25, 0.3) is 0 Å². The molecule has 2 rings (SSSR count). The van der Waals surface area contributed by atoms with Crippen LogP contribution >= 0.6 is 0 Å². The molecule has 1 aliphatic carbocycles. The van der Waals surface area contributed by atoms with Gasteiger partial charge in [-0.3, -0.25) is 0 Å². The van der Waals surface area contributed by atoms with Crippen molar-refractivity contribution < 1.29 is 0 Å². The lowest BCUT2D eigenvalue weighted by atomic mass is 9.83. The maximum atomic E-state index is 5.62. The number of likely N-dealkylation sites (tertiary alicyclic amines) is 1. The van der Waals surface area contributed by atoms with E-state index in [1.807, 2.05) is 0 Å². The minimum absolute atomic E-state index is 0.885. The summed E-state index contributed by atoms with van der Waals surface area (Å²) in [4.78, 5) is 2.74. The minimum atomic E-state index is 0.885. The van der Waals surface area contributed by atoms with Crippen LogP contribution < -0.4 is 5.73 Å². The van der Waals surface area contributed by atoms with Crippen LogP contribution in [0.2, 0.25) is 0 Å². The number of rotatable bonds is 3. The highest BCUT2D eigenvalue weighted by atomic mass is 15.2. The Morgan fingerprint density at radius 2 is 1.87 bits per heavy atom. The molecule has 2 N–H and O–H groups in total. The standard InChI is InChI=1S/C13H26N2/c1-11-7-9-15(10-11)13-4-2-12(3-5-13)6-8-14/h11-13H,2-10,14H2,1H3. The van der Waals surface area contributed by atoms with Crippen LogP contribution in [0.1, 0.15) is 45.4 Å². The second-order valence-corrected chi connectivity index (χ2v) is 5.64. The van der Waals surface area contributed by atoms with Gasteiger partial charge in [0.05, 0.1) is 0 Å². The van der Waals surface area contributed by atoms with E-state index in [-0.39, 0.29) is 0 Å². The average Bonchev–Trinajstić information content (AvgIpc) is 2.67. The molecule has 1 heterocycles. The molecule has 0 radical (unpaired) electrons. The Bertz CT molecular complexity index is 185. The monoisotopic (exact) mass is 210 g/mol. The van der Waals surface area contributed by atoms with Crippen LogP contribution in [0.25, 0.3) is 0 Å². The normalized spacial score (nSPS) is 38.4. The van der Waals surface area contributed by atoms with Crippen molar-refractivity contribution in [2.75, 3.05) is 19.6 Å².